The molecule has 13 heavy (non-hydrogen) atoms. The summed E-state index contributed by atoms with van der Waals surface area (Å²) in [5.41, 5.74) is 2.90. The van der Waals surface area contributed by atoms with Gasteiger partial charge >= 0.3 is 0 Å². The first-order chi connectivity index (χ1) is 6.11. The molecule has 2 rings (SSSR count). The van der Waals surface area contributed by atoms with E-state index in [-0.39, 0.29) is 0 Å². The van der Waals surface area contributed by atoms with Crippen molar-refractivity contribution >= 4 is 53.3 Å². The minimum atomic E-state index is 0.510. The second-order valence-corrected chi connectivity index (χ2v) is 4.20. The number of nitrogens with zero attached hydrogens (tertiary/aromatic N) is 3. The Kier molecular flexibility index (Phi) is 2.23. The Labute approximate surface area is 95.1 Å². The summed E-state index contributed by atoms with van der Waals surface area (Å²) in [4.78, 5) is 8.42. The fourth-order valence-electron chi connectivity index (χ4n) is 1.38. The third-order valence-electron chi connectivity index (χ3n) is 1.92. The molecule has 0 spiro atoms. The van der Waals surface area contributed by atoms with Gasteiger partial charge in [-0.05, 0) is 29.5 Å². The second kappa shape index (κ2) is 3.13. The van der Waals surface area contributed by atoms with Gasteiger partial charge in [0, 0.05) is 11.9 Å². The molecule has 0 atom stereocenters. The molecule has 0 aliphatic carbocycles. The van der Waals surface area contributed by atoms with Crippen LogP contribution in [0.5, 0.6) is 0 Å². The lowest BCUT2D eigenvalue weighted by Gasteiger charge is -2.02. The van der Waals surface area contributed by atoms with Crippen molar-refractivity contribution in [2.24, 2.45) is 0 Å². The molecule has 0 saturated heterocycles. The van der Waals surface area contributed by atoms with Gasteiger partial charge in [0.15, 0.2) is 13.0 Å². The highest BCUT2D eigenvalue weighted by molar-refractivity contribution is 14.1. The van der Waals surface area contributed by atoms with Crippen molar-refractivity contribution in [3.05, 3.63) is 20.7 Å². The fraction of sp³-hybridized carbons (Fsp3) is 0.143. The van der Waals surface area contributed by atoms with Crippen molar-refractivity contribution in [1.29, 1.82) is 0 Å². The van der Waals surface area contributed by atoms with E-state index in [1.807, 2.05) is 19.2 Å². The molecule has 0 aromatic carbocycles. The Bertz CT molecular complexity index is 440. The number of fused-ring (bicyclic) bond motifs is 1. The molecule has 0 amide bonds. The maximum Gasteiger partial charge on any atom is 0.187 e. The van der Waals surface area contributed by atoms with Crippen LogP contribution in [0.4, 0.5) is 0 Å². The van der Waals surface area contributed by atoms with E-state index >= 15 is 0 Å². The molecule has 2 aromatic rings. The molecule has 2 heterocycles. The average molecular weight is 305 g/mol. The molecule has 3 nitrogen and oxygen atoms in total. The minimum Gasteiger partial charge on any atom is -0.305 e. The molecule has 66 valence electrons. The molecular weight excluding hydrogens is 299 g/mol. The Balaban J connectivity index is 3.03. The lowest BCUT2D eigenvalue weighted by Crippen LogP contribution is -2.15. The highest BCUT2D eigenvalue weighted by atomic mass is 127. The van der Waals surface area contributed by atoms with Crippen molar-refractivity contribution in [2.45, 2.75) is 6.92 Å². The number of aromatic nitrogens is 3. The Morgan fingerprint density at radius 2 is 2.31 bits per heavy atom. The number of aryl methyl sites for hydroxylation is 1. The lowest BCUT2D eigenvalue weighted by molar-refractivity contribution is 1.07. The van der Waals surface area contributed by atoms with Gasteiger partial charge in [-0.15, -0.1) is 0 Å². The summed E-state index contributed by atoms with van der Waals surface area (Å²) in [7, 11) is 1.96. The first-order valence-corrected chi connectivity index (χ1v) is 5.22. The molecule has 0 radical (unpaired) electrons. The van der Waals surface area contributed by atoms with Crippen LogP contribution in [-0.2, 0) is 0 Å². The van der Waals surface area contributed by atoms with E-state index in [4.69, 9.17) is 11.6 Å². The summed E-state index contributed by atoms with van der Waals surface area (Å²) >= 11 is 8.14. The minimum absolute atomic E-state index is 0.510. The topological polar surface area (TPSA) is 30.2 Å². The molecule has 6 heteroatoms. The highest BCUT2D eigenvalue weighted by Gasteiger charge is 2.11. The number of halogens is 2. The van der Waals surface area contributed by atoms with Gasteiger partial charge in [-0.1, -0.05) is 11.6 Å². The van der Waals surface area contributed by atoms with Crippen molar-refractivity contribution < 1.29 is 0 Å². The van der Waals surface area contributed by atoms with Crippen LogP contribution in [0, 0.1) is 10.6 Å². The third-order valence-corrected chi connectivity index (χ3v) is 2.94. The van der Waals surface area contributed by atoms with Gasteiger partial charge in [0.1, 0.15) is 9.22 Å². The van der Waals surface area contributed by atoms with Gasteiger partial charge in [-0.25, -0.2) is 9.97 Å². The van der Waals surface area contributed by atoms with Gasteiger partial charge in [0.25, 0.3) is 0 Å². The van der Waals surface area contributed by atoms with E-state index in [0.29, 0.717) is 5.15 Å². The predicted molar refractivity (Wildman–Crippen MR) is 63.6 cm³/mol. The Morgan fingerprint density at radius 3 is 2.92 bits per heavy atom. The van der Waals surface area contributed by atoms with E-state index < -0.39 is 0 Å². The van der Waals surface area contributed by atoms with Crippen LogP contribution < -0.4 is 5.72 Å². The number of hydrogen-bond acceptors (Lipinski definition) is 2. The fourth-order valence-corrected chi connectivity index (χ4v) is 2.60. The molecule has 0 bridgehead atoms. The molecule has 2 aromatic heterocycles. The van der Waals surface area contributed by atoms with Gasteiger partial charge in [0.05, 0.1) is 5.72 Å². The van der Waals surface area contributed by atoms with Crippen LogP contribution in [0.2, 0.25) is 5.15 Å². The Morgan fingerprint density at radius 1 is 1.62 bits per heavy atom. The summed E-state index contributed by atoms with van der Waals surface area (Å²) < 4.78 is 2.91. The van der Waals surface area contributed by atoms with Crippen molar-refractivity contribution in [3.8, 4) is 0 Å². The summed E-state index contributed by atoms with van der Waals surface area (Å²) in [6.07, 6.45) is 1.75. The van der Waals surface area contributed by atoms with E-state index in [9.17, 15) is 0 Å². The molecule has 0 N–H and O–H groups in total. The smallest absolute Gasteiger partial charge is 0.187 e. The van der Waals surface area contributed by atoms with Gasteiger partial charge in [0.2, 0.25) is 0 Å². The predicted octanol–water partition coefficient (Wildman–Crippen LogP) is 0.554. The monoisotopic (exact) mass is 305 g/mol. The summed E-state index contributed by atoms with van der Waals surface area (Å²) in [6, 6.07) is 0. The average Bonchev–Trinajstić information content (AvgIpc) is 2.36. The zero-order valence-corrected chi connectivity index (χ0v) is 10.1. The van der Waals surface area contributed by atoms with E-state index in [1.54, 1.807) is 6.20 Å². The van der Waals surface area contributed by atoms with E-state index in [0.717, 1.165) is 20.6 Å². The van der Waals surface area contributed by atoms with Crippen molar-refractivity contribution in [2.75, 3.05) is 0 Å². The molecule has 0 unspecified atom stereocenters. The first-order valence-electron chi connectivity index (χ1n) is 3.77. The van der Waals surface area contributed by atoms with Crippen molar-refractivity contribution in [1.82, 2.24) is 14.4 Å². The molecule has 0 aliphatic heterocycles. The van der Waals surface area contributed by atoms with E-state index in [1.165, 1.54) is 0 Å². The quantitative estimate of drug-likeness (QED) is 0.526. The van der Waals surface area contributed by atoms with Crippen molar-refractivity contribution in [3.63, 3.8) is 0 Å². The molecule has 0 aliphatic rings. The zero-order valence-electron chi connectivity index (χ0n) is 7.17. The van der Waals surface area contributed by atoms with Crippen LogP contribution in [-0.4, -0.2) is 22.2 Å². The summed E-state index contributed by atoms with van der Waals surface area (Å²) in [6.45, 7) is 1.99. The Hall–Kier alpha value is -0.295. The van der Waals surface area contributed by atoms with E-state index in [2.05, 4.69) is 32.6 Å². The molecular formula is C7H6BClIN3. The summed E-state index contributed by atoms with van der Waals surface area (Å²) in [5, 5.41) is 0.510. The molecule has 0 saturated carbocycles. The standard InChI is InChI=1S/C7H6BClIN3/c1-3-2-11-5(9)4-6(10)12-7(8)13(3)4/h2H,8H2,1H3. The second-order valence-electron chi connectivity index (χ2n) is 2.82. The van der Waals surface area contributed by atoms with Crippen LogP contribution in [0.25, 0.3) is 5.52 Å². The van der Waals surface area contributed by atoms with Crippen LogP contribution in [0.15, 0.2) is 6.20 Å². The molecule has 0 fully saturated rings. The number of rotatable bonds is 0. The maximum atomic E-state index is 5.97. The summed E-state index contributed by atoms with van der Waals surface area (Å²) in [5.74, 6) is 0. The van der Waals surface area contributed by atoms with Gasteiger partial charge in [-0.3, -0.25) is 0 Å². The van der Waals surface area contributed by atoms with Gasteiger partial charge in [-0.2, -0.15) is 0 Å². The third kappa shape index (κ3) is 1.34. The number of imidazole rings is 1. The van der Waals surface area contributed by atoms with Crippen LogP contribution >= 0.6 is 34.2 Å². The van der Waals surface area contributed by atoms with Crippen LogP contribution in [0.3, 0.4) is 0 Å². The number of hydrogen-bond donors (Lipinski definition) is 0. The SMILES string of the molecule is Bc1nc(I)c2c(Cl)ncc(C)n12. The van der Waals surface area contributed by atoms with Crippen LogP contribution in [0.1, 0.15) is 5.69 Å². The highest BCUT2D eigenvalue weighted by Crippen LogP contribution is 2.19. The first kappa shape index (κ1) is 9.27. The zero-order chi connectivity index (χ0) is 9.59. The lowest BCUT2D eigenvalue weighted by atomic mass is 10.1. The maximum absolute atomic E-state index is 5.97. The normalized spacial score (nSPS) is 11.0. The van der Waals surface area contributed by atoms with Gasteiger partial charge < -0.3 is 4.40 Å². The largest absolute Gasteiger partial charge is 0.305 e.